The van der Waals surface area contributed by atoms with E-state index in [4.69, 9.17) is 0 Å². The molecular weight excluding hydrogens is 404 g/mol. The summed E-state index contributed by atoms with van der Waals surface area (Å²) >= 11 is 0. The van der Waals surface area contributed by atoms with E-state index in [1.54, 1.807) is 12.1 Å². The van der Waals surface area contributed by atoms with Gasteiger partial charge in [0.05, 0.1) is 11.4 Å². The minimum atomic E-state index is -0.283. The fourth-order valence-corrected chi connectivity index (χ4v) is 3.83. The maximum absolute atomic E-state index is 12.9. The largest absolute Gasteiger partial charge is 0.507 e. The quantitative estimate of drug-likeness (QED) is 0.535. The first-order valence-electron chi connectivity index (χ1n) is 11.1. The molecule has 0 saturated heterocycles. The van der Waals surface area contributed by atoms with Crippen LogP contribution in [-0.2, 0) is 11.3 Å². The van der Waals surface area contributed by atoms with Crippen LogP contribution in [-0.4, -0.2) is 26.8 Å². The molecule has 0 atom stereocenters. The number of benzene rings is 2. The number of nitrogens with zero attached hydrogens (tertiary/aromatic N) is 2. The number of phenols is 1. The normalized spacial score (nSPS) is 15.4. The maximum atomic E-state index is 12.9. The molecule has 7 heteroatoms. The fraction of sp³-hybridized carbons (Fsp3) is 0.320. The highest BCUT2D eigenvalue weighted by molar-refractivity contribution is 5.94. The Morgan fingerprint density at radius 3 is 2.56 bits per heavy atom. The zero-order valence-corrected chi connectivity index (χ0v) is 18.0. The van der Waals surface area contributed by atoms with Gasteiger partial charge in [-0.2, -0.15) is 9.78 Å². The molecule has 0 spiro atoms. The molecule has 2 aliphatic carbocycles. The number of anilines is 1. The molecule has 3 aromatic rings. The van der Waals surface area contributed by atoms with Gasteiger partial charge in [0, 0.05) is 35.7 Å². The number of aromatic hydroxyl groups is 1. The van der Waals surface area contributed by atoms with E-state index >= 15 is 0 Å². The van der Waals surface area contributed by atoms with Gasteiger partial charge in [-0.25, -0.2) is 4.79 Å². The van der Waals surface area contributed by atoms with Crippen molar-refractivity contribution in [3.8, 4) is 17.0 Å². The first-order valence-corrected chi connectivity index (χ1v) is 11.1. The second kappa shape index (κ2) is 8.15. The Kier molecular flexibility index (Phi) is 5.17. The Balaban J connectivity index is 1.36. The lowest BCUT2D eigenvalue weighted by atomic mass is 10.1. The Labute approximate surface area is 186 Å². The molecule has 5 rings (SSSR count). The molecule has 1 heterocycles. The molecule has 0 unspecified atom stereocenters. The fourth-order valence-electron chi connectivity index (χ4n) is 3.83. The van der Waals surface area contributed by atoms with Gasteiger partial charge in [-0.1, -0.05) is 24.3 Å². The number of carbonyl (C=O) groups excluding carboxylic acids is 2. The number of aryl methyl sites for hydroxylation is 1. The van der Waals surface area contributed by atoms with Crippen molar-refractivity contribution in [3.63, 3.8) is 0 Å². The topological polar surface area (TPSA) is 96.3 Å². The van der Waals surface area contributed by atoms with Gasteiger partial charge in [0.1, 0.15) is 5.75 Å². The molecule has 1 aromatic heterocycles. The van der Waals surface area contributed by atoms with E-state index in [0.29, 0.717) is 29.4 Å². The van der Waals surface area contributed by atoms with Gasteiger partial charge in [-0.3, -0.25) is 4.79 Å². The number of nitrogens with one attached hydrogen (secondary N) is 2. The lowest BCUT2D eigenvalue weighted by Crippen LogP contribution is -2.30. The Hall–Kier alpha value is -3.61. The molecule has 2 aromatic carbocycles. The van der Waals surface area contributed by atoms with Crippen molar-refractivity contribution in [1.29, 1.82) is 0 Å². The van der Waals surface area contributed by atoms with Gasteiger partial charge in [0.25, 0.3) is 0 Å². The molecule has 7 nitrogen and oxygen atoms in total. The first kappa shape index (κ1) is 20.3. The Bertz CT molecular complexity index is 1190. The van der Waals surface area contributed by atoms with Crippen LogP contribution >= 0.6 is 0 Å². The average Bonchev–Trinajstić information content (AvgIpc) is 3.70. The summed E-state index contributed by atoms with van der Waals surface area (Å²) in [6.45, 7) is 2.44. The highest BCUT2D eigenvalue weighted by Crippen LogP contribution is 2.42. The monoisotopic (exact) mass is 430 g/mol. The minimum Gasteiger partial charge on any atom is -0.507 e. The van der Waals surface area contributed by atoms with E-state index in [1.807, 2.05) is 37.3 Å². The summed E-state index contributed by atoms with van der Waals surface area (Å²) < 4.78 is 1.42. The minimum absolute atomic E-state index is 0.0113. The molecule has 2 aliphatic rings. The van der Waals surface area contributed by atoms with Crippen LogP contribution in [0.1, 0.15) is 48.4 Å². The number of carbonyl (C=O) groups is 2. The summed E-state index contributed by atoms with van der Waals surface area (Å²) in [7, 11) is 0. The number of amides is 2. The van der Waals surface area contributed by atoms with E-state index in [9.17, 15) is 14.7 Å². The van der Waals surface area contributed by atoms with Crippen LogP contribution in [0.5, 0.6) is 5.75 Å². The summed E-state index contributed by atoms with van der Waals surface area (Å²) in [6.07, 6.45) is 3.88. The zero-order chi connectivity index (χ0) is 22.2. The number of rotatable bonds is 6. The van der Waals surface area contributed by atoms with Crippen LogP contribution in [0.2, 0.25) is 0 Å². The molecule has 3 N–H and O–H groups in total. The van der Waals surface area contributed by atoms with E-state index in [1.165, 1.54) is 10.7 Å². The third kappa shape index (κ3) is 4.23. The van der Waals surface area contributed by atoms with Crippen LogP contribution in [0, 0.1) is 12.8 Å². The number of aromatic nitrogens is 2. The summed E-state index contributed by atoms with van der Waals surface area (Å²) in [5, 5.41) is 20.9. The summed E-state index contributed by atoms with van der Waals surface area (Å²) in [5.74, 6) is 0.403. The van der Waals surface area contributed by atoms with E-state index in [0.717, 1.165) is 42.5 Å². The number of phenolic OH excluding ortho intramolecular Hbond substituents is 1. The van der Waals surface area contributed by atoms with Crippen molar-refractivity contribution in [2.24, 2.45) is 5.92 Å². The van der Waals surface area contributed by atoms with Gasteiger partial charge in [-0.05, 0) is 61.9 Å². The molecule has 164 valence electrons. The van der Waals surface area contributed by atoms with Crippen LogP contribution in [0.15, 0.2) is 48.5 Å². The first-order chi connectivity index (χ1) is 15.5. The van der Waals surface area contributed by atoms with Crippen molar-refractivity contribution in [1.82, 2.24) is 15.1 Å². The van der Waals surface area contributed by atoms with Crippen LogP contribution < -0.4 is 10.6 Å². The van der Waals surface area contributed by atoms with Crippen molar-refractivity contribution < 1.29 is 14.7 Å². The van der Waals surface area contributed by atoms with Gasteiger partial charge in [0.15, 0.2) is 0 Å². The molecule has 2 fully saturated rings. The third-order valence-electron chi connectivity index (χ3n) is 6.11. The molecule has 0 aliphatic heterocycles. The number of hydrogen-bond donors (Lipinski definition) is 3. The van der Waals surface area contributed by atoms with Gasteiger partial charge < -0.3 is 15.7 Å². The van der Waals surface area contributed by atoms with Crippen LogP contribution in [0.4, 0.5) is 10.5 Å². The lowest BCUT2D eigenvalue weighted by Gasteiger charge is -2.09. The second-order valence-electron chi connectivity index (χ2n) is 8.72. The summed E-state index contributed by atoms with van der Waals surface area (Å²) in [6, 6.07) is 14.5. The molecule has 32 heavy (non-hydrogen) atoms. The average molecular weight is 431 g/mol. The predicted molar refractivity (Wildman–Crippen MR) is 121 cm³/mol. The van der Waals surface area contributed by atoms with Crippen molar-refractivity contribution in [2.45, 2.75) is 45.1 Å². The lowest BCUT2D eigenvalue weighted by molar-refractivity contribution is -0.117. The van der Waals surface area contributed by atoms with E-state index < -0.39 is 0 Å². The summed E-state index contributed by atoms with van der Waals surface area (Å²) in [4.78, 5) is 24.9. The van der Waals surface area contributed by atoms with Crippen molar-refractivity contribution in [2.75, 3.05) is 5.32 Å². The Morgan fingerprint density at radius 1 is 1.09 bits per heavy atom. The summed E-state index contributed by atoms with van der Waals surface area (Å²) in [5.41, 5.74) is 4.66. The maximum Gasteiger partial charge on any atom is 0.342 e. The molecule has 0 bridgehead atoms. The molecule has 2 saturated carbocycles. The van der Waals surface area contributed by atoms with Gasteiger partial charge in [0.2, 0.25) is 5.91 Å². The van der Waals surface area contributed by atoms with Crippen LogP contribution in [0.25, 0.3) is 11.3 Å². The van der Waals surface area contributed by atoms with E-state index in [2.05, 4.69) is 15.7 Å². The van der Waals surface area contributed by atoms with Crippen LogP contribution in [0.3, 0.4) is 0 Å². The molecular formula is C25H26N4O3. The SMILES string of the molecule is Cc1ccccc1CNC(=O)n1nc(-c2ccc(NC(=O)C3CC3)cc2O)cc1C1CC1. The molecule has 2 amide bonds. The second-order valence-corrected chi connectivity index (χ2v) is 8.72. The smallest absolute Gasteiger partial charge is 0.342 e. The molecule has 0 radical (unpaired) electrons. The third-order valence-corrected chi connectivity index (χ3v) is 6.11. The highest BCUT2D eigenvalue weighted by atomic mass is 16.3. The number of hydrogen-bond acceptors (Lipinski definition) is 4. The van der Waals surface area contributed by atoms with E-state index in [-0.39, 0.29) is 23.6 Å². The zero-order valence-electron chi connectivity index (χ0n) is 18.0. The standard InChI is InChI=1S/C25H26N4O3/c1-15-4-2-3-5-18(15)14-26-25(32)29-22(16-6-7-16)13-21(28-29)20-11-10-19(12-23(20)30)27-24(31)17-8-9-17/h2-5,10-13,16-17,30H,6-9,14H2,1H3,(H,26,32)(H,27,31). The van der Waals surface area contributed by atoms with Gasteiger partial charge >= 0.3 is 6.03 Å². The highest BCUT2D eigenvalue weighted by Gasteiger charge is 2.31. The van der Waals surface area contributed by atoms with Crippen molar-refractivity contribution >= 4 is 17.6 Å². The van der Waals surface area contributed by atoms with Crippen molar-refractivity contribution in [3.05, 3.63) is 65.4 Å². The van der Waals surface area contributed by atoms with Gasteiger partial charge in [-0.15, -0.1) is 0 Å². The Morgan fingerprint density at radius 2 is 1.88 bits per heavy atom. The predicted octanol–water partition coefficient (Wildman–Crippen LogP) is 4.55.